The second kappa shape index (κ2) is 8.04. The number of ether oxygens (including phenoxy) is 1. The zero-order valence-electron chi connectivity index (χ0n) is 9.82. The van der Waals surface area contributed by atoms with Crippen LogP contribution in [0.25, 0.3) is 0 Å². The van der Waals surface area contributed by atoms with Crippen LogP contribution in [0.5, 0.6) is 0 Å². The molecule has 0 atom stereocenters. The van der Waals surface area contributed by atoms with Gasteiger partial charge in [-0.05, 0) is 14.1 Å². The third-order valence-electron chi connectivity index (χ3n) is 1.92. The number of likely N-dealkylation sites (N-methyl/N-ethyl adjacent to an activating group) is 1. The summed E-state index contributed by atoms with van der Waals surface area (Å²) in [6, 6.07) is 0. The Kier molecular flexibility index (Phi) is 7.95. The largest absolute Gasteiger partial charge is 0.384 e. The first-order valence-electron chi connectivity index (χ1n) is 5.03. The molecule has 15 heavy (non-hydrogen) atoms. The van der Waals surface area contributed by atoms with Crippen molar-refractivity contribution in [3.63, 3.8) is 0 Å². The third kappa shape index (κ3) is 10.1. The molecule has 0 heterocycles. The number of hydrogen-bond donors (Lipinski definition) is 1. The number of hydrogen-bond acceptors (Lipinski definition) is 5. The molecule has 0 aromatic heterocycles. The van der Waals surface area contributed by atoms with Crippen LogP contribution < -0.4 is 5.32 Å². The van der Waals surface area contributed by atoms with Crippen molar-refractivity contribution < 1.29 is 13.2 Å². The average Bonchev–Trinajstić information content (AvgIpc) is 2.14. The van der Waals surface area contributed by atoms with Crippen LogP contribution in [0.2, 0.25) is 0 Å². The lowest BCUT2D eigenvalue weighted by Gasteiger charge is -2.10. The lowest BCUT2D eigenvalue weighted by Crippen LogP contribution is -2.31. The second-order valence-corrected chi connectivity index (χ2v) is 6.00. The number of sulfone groups is 1. The lowest BCUT2D eigenvalue weighted by atomic mass is 10.5. The Labute approximate surface area is 92.7 Å². The fourth-order valence-corrected chi connectivity index (χ4v) is 2.05. The van der Waals surface area contributed by atoms with Gasteiger partial charge in [0.2, 0.25) is 0 Å². The van der Waals surface area contributed by atoms with E-state index in [2.05, 4.69) is 5.32 Å². The molecule has 0 saturated heterocycles. The lowest BCUT2D eigenvalue weighted by molar-refractivity contribution is 0.217. The monoisotopic (exact) mass is 238 g/mol. The molecule has 92 valence electrons. The van der Waals surface area contributed by atoms with Crippen LogP contribution in [0.1, 0.15) is 0 Å². The van der Waals surface area contributed by atoms with Crippen LogP contribution in [0.4, 0.5) is 0 Å². The molecule has 0 aliphatic carbocycles. The highest BCUT2D eigenvalue weighted by Gasteiger charge is 2.09. The smallest absolute Gasteiger partial charge is 0.153 e. The summed E-state index contributed by atoms with van der Waals surface area (Å²) < 4.78 is 27.4. The molecule has 0 aromatic carbocycles. The Balaban J connectivity index is 3.49. The van der Waals surface area contributed by atoms with Crippen LogP contribution in [0.15, 0.2) is 0 Å². The van der Waals surface area contributed by atoms with Gasteiger partial charge in [-0.25, -0.2) is 8.42 Å². The second-order valence-electron chi connectivity index (χ2n) is 3.70. The van der Waals surface area contributed by atoms with Gasteiger partial charge in [0, 0.05) is 26.7 Å². The van der Waals surface area contributed by atoms with Crippen molar-refractivity contribution in [3.05, 3.63) is 0 Å². The quantitative estimate of drug-likeness (QED) is 0.533. The Bertz CT molecular complexity index is 240. The fraction of sp³-hybridized carbons (Fsp3) is 1.00. The van der Waals surface area contributed by atoms with E-state index in [-0.39, 0.29) is 18.1 Å². The van der Waals surface area contributed by atoms with E-state index in [9.17, 15) is 8.42 Å². The molecule has 0 amide bonds. The summed E-state index contributed by atoms with van der Waals surface area (Å²) >= 11 is 0. The Hall–Kier alpha value is -0.170. The summed E-state index contributed by atoms with van der Waals surface area (Å²) in [5, 5.41) is 3.09. The van der Waals surface area contributed by atoms with E-state index < -0.39 is 9.84 Å². The Morgan fingerprint density at radius 3 is 2.40 bits per heavy atom. The highest BCUT2D eigenvalue weighted by Crippen LogP contribution is 1.89. The van der Waals surface area contributed by atoms with E-state index in [1.807, 2.05) is 19.0 Å². The number of nitrogens with zero attached hydrogens (tertiary/aromatic N) is 1. The molecule has 0 radical (unpaired) electrons. The minimum atomic E-state index is -2.95. The van der Waals surface area contributed by atoms with Gasteiger partial charge in [0.05, 0.1) is 18.1 Å². The molecule has 0 spiro atoms. The Morgan fingerprint density at radius 2 is 1.87 bits per heavy atom. The maximum absolute atomic E-state index is 11.4. The van der Waals surface area contributed by atoms with E-state index in [0.717, 1.165) is 13.1 Å². The number of rotatable bonds is 9. The first kappa shape index (κ1) is 14.8. The summed E-state index contributed by atoms with van der Waals surface area (Å²) in [7, 11) is 2.53. The van der Waals surface area contributed by atoms with E-state index >= 15 is 0 Å². The number of nitrogens with one attached hydrogen (secondary N) is 1. The highest BCUT2D eigenvalue weighted by molar-refractivity contribution is 7.91. The molecule has 0 aliphatic rings. The van der Waals surface area contributed by atoms with Crippen LogP contribution in [-0.2, 0) is 14.6 Å². The zero-order valence-corrected chi connectivity index (χ0v) is 10.6. The summed E-state index contributed by atoms with van der Waals surface area (Å²) in [6.07, 6.45) is 0. The highest BCUT2D eigenvalue weighted by atomic mass is 32.2. The van der Waals surface area contributed by atoms with Gasteiger partial charge in [-0.3, -0.25) is 0 Å². The van der Waals surface area contributed by atoms with Crippen molar-refractivity contribution in [3.8, 4) is 0 Å². The molecular formula is C9H22N2O3S. The van der Waals surface area contributed by atoms with Gasteiger partial charge in [-0.1, -0.05) is 0 Å². The van der Waals surface area contributed by atoms with Gasteiger partial charge >= 0.3 is 0 Å². The molecule has 0 unspecified atom stereocenters. The third-order valence-corrected chi connectivity index (χ3v) is 3.54. The van der Waals surface area contributed by atoms with Crippen molar-refractivity contribution >= 4 is 9.84 Å². The van der Waals surface area contributed by atoms with E-state index in [0.29, 0.717) is 6.54 Å². The van der Waals surface area contributed by atoms with Crippen LogP contribution >= 0.6 is 0 Å². The van der Waals surface area contributed by atoms with Gasteiger partial charge in [-0.15, -0.1) is 0 Å². The normalized spacial score (nSPS) is 12.3. The van der Waals surface area contributed by atoms with Crippen molar-refractivity contribution in [1.82, 2.24) is 10.2 Å². The van der Waals surface area contributed by atoms with Crippen molar-refractivity contribution in [2.24, 2.45) is 0 Å². The molecule has 0 fully saturated rings. The average molecular weight is 238 g/mol. The maximum atomic E-state index is 11.4. The minimum Gasteiger partial charge on any atom is -0.384 e. The standard InChI is InChI=1S/C9H22N2O3S/c1-11(2)6-4-10-5-8-15(12,13)9-7-14-3/h10H,4-9H2,1-3H3. The molecule has 0 aromatic rings. The zero-order chi connectivity index (χ0) is 11.7. The van der Waals surface area contributed by atoms with Crippen LogP contribution in [0.3, 0.4) is 0 Å². The van der Waals surface area contributed by atoms with Crippen molar-refractivity contribution in [1.29, 1.82) is 0 Å². The summed E-state index contributed by atoms with van der Waals surface area (Å²) in [5.74, 6) is 0.294. The molecule has 0 aliphatic heterocycles. The predicted molar refractivity (Wildman–Crippen MR) is 62.0 cm³/mol. The molecule has 6 heteroatoms. The molecule has 0 rings (SSSR count). The topological polar surface area (TPSA) is 58.6 Å². The molecule has 1 N–H and O–H groups in total. The van der Waals surface area contributed by atoms with Crippen molar-refractivity contribution in [2.75, 3.05) is 59.0 Å². The van der Waals surface area contributed by atoms with Crippen LogP contribution in [0, 0.1) is 0 Å². The van der Waals surface area contributed by atoms with E-state index in [1.54, 1.807) is 0 Å². The van der Waals surface area contributed by atoms with Gasteiger partial charge < -0.3 is 15.0 Å². The number of methoxy groups -OCH3 is 1. The molecular weight excluding hydrogens is 216 g/mol. The van der Waals surface area contributed by atoms with E-state index in [1.165, 1.54) is 7.11 Å². The maximum Gasteiger partial charge on any atom is 0.153 e. The Morgan fingerprint density at radius 1 is 1.20 bits per heavy atom. The van der Waals surface area contributed by atoms with Gasteiger partial charge in [0.15, 0.2) is 9.84 Å². The predicted octanol–water partition coefficient (Wildman–Crippen LogP) is -0.801. The van der Waals surface area contributed by atoms with E-state index in [4.69, 9.17) is 4.74 Å². The molecule has 5 nitrogen and oxygen atoms in total. The molecule has 0 saturated carbocycles. The van der Waals surface area contributed by atoms with Crippen LogP contribution in [-0.4, -0.2) is 72.3 Å². The first-order valence-corrected chi connectivity index (χ1v) is 6.85. The van der Waals surface area contributed by atoms with Gasteiger partial charge in [0.25, 0.3) is 0 Å². The minimum absolute atomic E-state index is 0.110. The summed E-state index contributed by atoms with van der Waals surface area (Å²) in [4.78, 5) is 2.05. The SMILES string of the molecule is COCCS(=O)(=O)CCNCCN(C)C. The van der Waals surface area contributed by atoms with Gasteiger partial charge in [0.1, 0.15) is 0 Å². The molecule has 0 bridgehead atoms. The summed E-state index contributed by atoms with van der Waals surface area (Å²) in [6.45, 7) is 2.52. The van der Waals surface area contributed by atoms with Gasteiger partial charge in [-0.2, -0.15) is 0 Å². The fourth-order valence-electron chi connectivity index (χ4n) is 0.968. The van der Waals surface area contributed by atoms with Crippen molar-refractivity contribution in [2.45, 2.75) is 0 Å². The first-order chi connectivity index (χ1) is 6.98. The summed E-state index contributed by atoms with van der Waals surface area (Å²) in [5.41, 5.74) is 0.